The maximum atomic E-state index is 13.3. The predicted octanol–water partition coefficient (Wildman–Crippen LogP) is 3.28. The molecule has 27 heavy (non-hydrogen) atoms. The Hall–Kier alpha value is -2.99. The molecule has 6 heteroatoms. The highest BCUT2D eigenvalue weighted by atomic mass is 79.9. The van der Waals surface area contributed by atoms with Crippen LogP contribution in [0.1, 0.15) is 32.2 Å². The number of ether oxygens (including phenoxy) is 1. The van der Waals surface area contributed by atoms with Gasteiger partial charge in [0.15, 0.2) is 5.78 Å². The van der Waals surface area contributed by atoms with Gasteiger partial charge in [0, 0.05) is 27.1 Å². The van der Waals surface area contributed by atoms with Crippen LogP contribution in [0, 0.1) is 0 Å². The van der Waals surface area contributed by atoms with E-state index in [1.807, 2.05) is 24.3 Å². The molecule has 1 atom stereocenters. The predicted molar refractivity (Wildman–Crippen MR) is 100 cm³/mol. The highest BCUT2D eigenvalue weighted by molar-refractivity contribution is 9.10. The second kappa shape index (κ2) is 5.76. The average Bonchev–Trinajstić information content (AvgIpc) is 3.05. The molecule has 0 aromatic heterocycles. The fraction of sp³-hybridized carbons (Fsp3) is 0.0952. The van der Waals surface area contributed by atoms with E-state index in [2.05, 4.69) is 21.2 Å². The second-order valence-electron chi connectivity index (χ2n) is 6.57. The molecule has 0 saturated heterocycles. The Morgan fingerprint density at radius 1 is 0.926 bits per heavy atom. The Morgan fingerprint density at radius 2 is 1.67 bits per heavy atom. The lowest BCUT2D eigenvalue weighted by Crippen LogP contribution is -2.37. The lowest BCUT2D eigenvalue weighted by atomic mass is 9.73. The summed E-state index contributed by atoms with van der Waals surface area (Å²) in [6, 6.07) is 14.2. The Morgan fingerprint density at radius 3 is 2.41 bits per heavy atom. The van der Waals surface area contributed by atoms with Gasteiger partial charge in [0.1, 0.15) is 6.61 Å². The van der Waals surface area contributed by atoms with E-state index in [4.69, 9.17) is 4.74 Å². The minimum atomic E-state index is -0.645. The number of hydrogen-bond acceptors (Lipinski definition) is 5. The highest BCUT2D eigenvalue weighted by Gasteiger charge is 2.46. The van der Waals surface area contributed by atoms with Gasteiger partial charge in [-0.2, -0.15) is 0 Å². The van der Waals surface area contributed by atoms with Crippen molar-refractivity contribution in [3.05, 3.63) is 92.2 Å². The first-order valence-corrected chi connectivity index (χ1v) is 9.21. The first-order valence-electron chi connectivity index (χ1n) is 8.41. The summed E-state index contributed by atoms with van der Waals surface area (Å²) in [5.41, 5.74) is 2.96. The second-order valence-corrected chi connectivity index (χ2v) is 7.49. The Bertz CT molecular complexity index is 1130. The van der Waals surface area contributed by atoms with Gasteiger partial charge in [-0.05, 0) is 17.7 Å². The number of hydrogen-bond donors (Lipinski definition) is 1. The average molecular weight is 422 g/mol. The van der Waals surface area contributed by atoms with Gasteiger partial charge < -0.3 is 10.1 Å². The van der Waals surface area contributed by atoms with Gasteiger partial charge in [-0.1, -0.05) is 52.3 Å². The fourth-order valence-electron chi connectivity index (χ4n) is 3.92. The number of carbonyl (C=O) groups excluding carboxylic acids is 3. The Labute approximate surface area is 162 Å². The zero-order valence-electron chi connectivity index (χ0n) is 13.9. The molecule has 0 saturated carbocycles. The zero-order chi connectivity index (χ0) is 18.7. The third-order valence-electron chi connectivity index (χ3n) is 5.09. The molecule has 1 aliphatic carbocycles. The van der Waals surface area contributed by atoms with Crippen molar-refractivity contribution in [1.82, 2.24) is 5.32 Å². The van der Waals surface area contributed by atoms with Crippen molar-refractivity contribution in [2.24, 2.45) is 0 Å². The van der Waals surface area contributed by atoms with Crippen LogP contribution in [0.5, 0.6) is 0 Å². The lowest BCUT2D eigenvalue weighted by Gasteiger charge is -2.31. The highest BCUT2D eigenvalue weighted by Crippen LogP contribution is 2.45. The molecule has 2 aromatic carbocycles. The van der Waals surface area contributed by atoms with Crippen molar-refractivity contribution in [2.75, 3.05) is 6.61 Å². The lowest BCUT2D eigenvalue weighted by molar-refractivity contribution is -0.136. The standard InChI is InChI=1S/C21H12BrNO4/c22-11-5-3-4-10(8-11)15-16-14(9-27-21(16)26)23-18-17(15)19(24)12-6-1-2-7-13(12)20(18)25/h1-8,15,23H,9H2. The largest absolute Gasteiger partial charge is 0.456 e. The number of allylic oxidation sites excluding steroid dienone is 2. The summed E-state index contributed by atoms with van der Waals surface area (Å²) < 4.78 is 6.02. The van der Waals surface area contributed by atoms with Crippen LogP contribution in [0.3, 0.4) is 0 Å². The van der Waals surface area contributed by atoms with Crippen molar-refractivity contribution >= 4 is 33.5 Å². The van der Waals surface area contributed by atoms with Crippen LogP contribution in [0.25, 0.3) is 0 Å². The minimum absolute atomic E-state index is 0.0680. The molecule has 5 nitrogen and oxygen atoms in total. The molecule has 0 amide bonds. The monoisotopic (exact) mass is 421 g/mol. The van der Waals surface area contributed by atoms with Crippen LogP contribution in [-0.2, 0) is 9.53 Å². The molecule has 0 bridgehead atoms. The summed E-state index contributed by atoms with van der Waals surface area (Å²) in [7, 11) is 0. The third-order valence-corrected chi connectivity index (χ3v) is 5.58. The van der Waals surface area contributed by atoms with Crippen molar-refractivity contribution in [3.63, 3.8) is 0 Å². The van der Waals surface area contributed by atoms with E-state index >= 15 is 0 Å². The van der Waals surface area contributed by atoms with E-state index in [1.165, 1.54) is 0 Å². The van der Waals surface area contributed by atoms with Gasteiger partial charge in [0.25, 0.3) is 0 Å². The number of fused-ring (bicyclic) bond motifs is 1. The molecular weight excluding hydrogens is 410 g/mol. The molecule has 0 spiro atoms. The maximum absolute atomic E-state index is 13.3. The number of carbonyl (C=O) groups is 3. The molecule has 1 N–H and O–H groups in total. The quantitative estimate of drug-likeness (QED) is 0.715. The number of benzene rings is 2. The number of nitrogens with one attached hydrogen (secondary N) is 1. The van der Waals surface area contributed by atoms with Crippen LogP contribution in [-0.4, -0.2) is 24.1 Å². The molecule has 2 aliphatic heterocycles. The molecule has 5 rings (SSSR count). The van der Waals surface area contributed by atoms with Crippen LogP contribution in [0.2, 0.25) is 0 Å². The van der Waals surface area contributed by atoms with Gasteiger partial charge >= 0.3 is 5.97 Å². The number of Topliss-reactive ketones (excluding diaryl/α,β-unsaturated/α-hetero) is 2. The molecule has 2 heterocycles. The summed E-state index contributed by atoms with van der Waals surface area (Å²) in [6.07, 6.45) is 0. The maximum Gasteiger partial charge on any atom is 0.337 e. The van der Waals surface area contributed by atoms with E-state index in [1.54, 1.807) is 24.3 Å². The minimum Gasteiger partial charge on any atom is -0.456 e. The molecular formula is C21H12BrNO4. The number of ketones is 2. The molecule has 3 aliphatic rings. The smallest absolute Gasteiger partial charge is 0.337 e. The summed E-state index contributed by atoms with van der Waals surface area (Å²) in [4.78, 5) is 38.8. The first-order chi connectivity index (χ1) is 13.1. The van der Waals surface area contributed by atoms with Crippen LogP contribution in [0.15, 0.2) is 75.5 Å². The summed E-state index contributed by atoms with van der Waals surface area (Å²) in [5.74, 6) is -1.60. The van der Waals surface area contributed by atoms with Crippen LogP contribution < -0.4 is 5.32 Å². The van der Waals surface area contributed by atoms with E-state index in [0.717, 1.165) is 10.0 Å². The van der Waals surface area contributed by atoms with Gasteiger partial charge in [0.2, 0.25) is 5.78 Å². The molecule has 0 radical (unpaired) electrons. The third kappa shape index (κ3) is 2.26. The normalized spacial score (nSPS) is 20.8. The molecule has 2 aromatic rings. The van der Waals surface area contributed by atoms with Crippen molar-refractivity contribution in [2.45, 2.75) is 5.92 Å². The van der Waals surface area contributed by atoms with Crippen LogP contribution >= 0.6 is 15.9 Å². The van der Waals surface area contributed by atoms with E-state index in [-0.39, 0.29) is 23.9 Å². The number of rotatable bonds is 1. The SMILES string of the molecule is O=C1OCC2=C1C(c1cccc(Br)c1)C1=C(N2)C(=O)c2ccccc2C1=O. The first kappa shape index (κ1) is 16.2. The topological polar surface area (TPSA) is 72.5 Å². The van der Waals surface area contributed by atoms with Crippen molar-refractivity contribution in [3.8, 4) is 0 Å². The Balaban J connectivity index is 1.78. The van der Waals surface area contributed by atoms with Crippen LogP contribution in [0.4, 0.5) is 0 Å². The molecule has 132 valence electrons. The summed E-state index contributed by atoms with van der Waals surface area (Å²) in [5, 5.41) is 3.01. The summed E-state index contributed by atoms with van der Waals surface area (Å²) >= 11 is 3.44. The summed E-state index contributed by atoms with van der Waals surface area (Å²) in [6.45, 7) is 0.0680. The fourth-order valence-corrected chi connectivity index (χ4v) is 4.34. The number of halogens is 1. The van der Waals surface area contributed by atoms with Gasteiger partial charge in [-0.15, -0.1) is 0 Å². The Kier molecular flexibility index (Phi) is 3.45. The molecule has 0 fully saturated rings. The van der Waals surface area contributed by atoms with Gasteiger partial charge in [-0.25, -0.2) is 4.79 Å². The van der Waals surface area contributed by atoms with Crippen molar-refractivity contribution in [1.29, 1.82) is 0 Å². The number of cyclic esters (lactones) is 1. The number of esters is 1. The van der Waals surface area contributed by atoms with Crippen molar-refractivity contribution < 1.29 is 19.1 Å². The van der Waals surface area contributed by atoms with E-state index < -0.39 is 11.9 Å². The van der Waals surface area contributed by atoms with E-state index in [9.17, 15) is 14.4 Å². The zero-order valence-corrected chi connectivity index (χ0v) is 15.5. The molecule has 1 unspecified atom stereocenters. The van der Waals surface area contributed by atoms with E-state index in [0.29, 0.717) is 28.0 Å². The van der Waals surface area contributed by atoms with Gasteiger partial charge in [-0.3, -0.25) is 9.59 Å². The number of dihydropyridines is 1. The van der Waals surface area contributed by atoms with Gasteiger partial charge in [0.05, 0.1) is 17.0 Å².